The molecule has 0 aromatic heterocycles. The number of carbonyl (C=O) groups excluding carboxylic acids is 1. The zero-order chi connectivity index (χ0) is 15.5. The SMILES string of the molecule is CN(C)S(=O)(=O)c1ccc(CC(=O)c2ccccc2)cc1. The lowest BCUT2D eigenvalue weighted by molar-refractivity contribution is 0.0993. The molecule has 0 aliphatic carbocycles. The van der Waals surface area contributed by atoms with E-state index in [0.29, 0.717) is 5.56 Å². The van der Waals surface area contributed by atoms with E-state index >= 15 is 0 Å². The van der Waals surface area contributed by atoms with Crippen molar-refractivity contribution in [3.8, 4) is 0 Å². The number of hydrogen-bond donors (Lipinski definition) is 0. The van der Waals surface area contributed by atoms with E-state index in [1.54, 1.807) is 24.3 Å². The second-order valence-corrected chi connectivity index (χ2v) is 7.05. The quantitative estimate of drug-likeness (QED) is 0.797. The van der Waals surface area contributed by atoms with E-state index in [4.69, 9.17) is 0 Å². The van der Waals surface area contributed by atoms with Crippen LogP contribution in [0.25, 0.3) is 0 Å². The lowest BCUT2D eigenvalue weighted by Gasteiger charge is -2.11. The Morgan fingerprint density at radius 1 is 0.952 bits per heavy atom. The predicted octanol–water partition coefficient (Wildman–Crippen LogP) is 2.36. The second-order valence-electron chi connectivity index (χ2n) is 4.90. The van der Waals surface area contributed by atoms with Gasteiger partial charge in [0.05, 0.1) is 4.90 Å². The van der Waals surface area contributed by atoms with E-state index in [1.807, 2.05) is 18.2 Å². The van der Waals surface area contributed by atoms with Gasteiger partial charge in [-0.3, -0.25) is 4.79 Å². The third kappa shape index (κ3) is 3.56. The molecule has 0 atom stereocenters. The molecule has 0 saturated heterocycles. The van der Waals surface area contributed by atoms with Gasteiger partial charge in [-0.15, -0.1) is 0 Å². The van der Waals surface area contributed by atoms with Crippen LogP contribution in [0.2, 0.25) is 0 Å². The number of sulfonamides is 1. The Bertz CT molecular complexity index is 720. The van der Waals surface area contributed by atoms with Crippen molar-refractivity contribution in [3.63, 3.8) is 0 Å². The van der Waals surface area contributed by atoms with Crippen molar-refractivity contribution in [2.45, 2.75) is 11.3 Å². The molecule has 2 aromatic carbocycles. The molecule has 0 bridgehead atoms. The zero-order valence-corrected chi connectivity index (χ0v) is 12.8. The molecule has 0 aliphatic rings. The van der Waals surface area contributed by atoms with Crippen LogP contribution in [0.1, 0.15) is 15.9 Å². The fourth-order valence-electron chi connectivity index (χ4n) is 1.90. The molecule has 0 spiro atoms. The molecule has 2 rings (SSSR count). The lowest BCUT2D eigenvalue weighted by Crippen LogP contribution is -2.22. The van der Waals surface area contributed by atoms with Gasteiger partial charge >= 0.3 is 0 Å². The Labute approximate surface area is 125 Å². The third-order valence-electron chi connectivity index (χ3n) is 3.16. The van der Waals surface area contributed by atoms with Gasteiger partial charge in [-0.05, 0) is 17.7 Å². The van der Waals surface area contributed by atoms with Gasteiger partial charge in [0.25, 0.3) is 0 Å². The summed E-state index contributed by atoms with van der Waals surface area (Å²) >= 11 is 0. The Hall–Kier alpha value is -1.98. The van der Waals surface area contributed by atoms with Crippen LogP contribution in [0.15, 0.2) is 59.5 Å². The normalized spacial score (nSPS) is 11.6. The van der Waals surface area contributed by atoms with E-state index < -0.39 is 10.0 Å². The molecule has 2 aromatic rings. The topological polar surface area (TPSA) is 54.5 Å². The molecule has 110 valence electrons. The summed E-state index contributed by atoms with van der Waals surface area (Å²) in [4.78, 5) is 12.3. The summed E-state index contributed by atoms with van der Waals surface area (Å²) in [6.45, 7) is 0. The summed E-state index contributed by atoms with van der Waals surface area (Å²) in [6, 6.07) is 15.5. The summed E-state index contributed by atoms with van der Waals surface area (Å²) in [5, 5.41) is 0. The Morgan fingerprint density at radius 2 is 1.52 bits per heavy atom. The Balaban J connectivity index is 2.16. The van der Waals surface area contributed by atoms with Gasteiger partial charge in [-0.2, -0.15) is 0 Å². The fourth-order valence-corrected chi connectivity index (χ4v) is 2.80. The molecule has 0 aliphatic heterocycles. The standard InChI is InChI=1S/C16H17NO3S/c1-17(2)21(19,20)15-10-8-13(9-11-15)12-16(18)14-6-4-3-5-7-14/h3-11H,12H2,1-2H3. The molecule has 21 heavy (non-hydrogen) atoms. The minimum atomic E-state index is -3.43. The Kier molecular flexibility index (Phi) is 4.55. The van der Waals surface area contributed by atoms with Crippen LogP contribution < -0.4 is 0 Å². The highest BCUT2D eigenvalue weighted by Crippen LogP contribution is 2.15. The van der Waals surface area contributed by atoms with Crippen LogP contribution in [0, 0.1) is 0 Å². The summed E-state index contributed by atoms with van der Waals surface area (Å²) < 4.78 is 25.1. The summed E-state index contributed by atoms with van der Waals surface area (Å²) in [5.41, 5.74) is 1.45. The summed E-state index contributed by atoms with van der Waals surface area (Å²) in [5.74, 6) is 0.0128. The number of ketones is 1. The molecule has 5 heteroatoms. The van der Waals surface area contributed by atoms with Crippen molar-refractivity contribution in [1.82, 2.24) is 4.31 Å². The van der Waals surface area contributed by atoms with Crippen molar-refractivity contribution in [3.05, 3.63) is 65.7 Å². The molecule has 0 fully saturated rings. The first-order chi connectivity index (χ1) is 9.91. The molecule has 0 radical (unpaired) electrons. The first-order valence-corrected chi connectivity index (χ1v) is 7.95. The molecule has 0 heterocycles. The average Bonchev–Trinajstić information content (AvgIpc) is 2.48. The maximum absolute atomic E-state index is 12.1. The monoisotopic (exact) mass is 303 g/mol. The molecule has 0 amide bonds. The molecule has 0 saturated carbocycles. The maximum Gasteiger partial charge on any atom is 0.242 e. The first-order valence-electron chi connectivity index (χ1n) is 6.51. The highest BCUT2D eigenvalue weighted by molar-refractivity contribution is 7.89. The predicted molar refractivity (Wildman–Crippen MR) is 81.8 cm³/mol. The molecule has 0 N–H and O–H groups in total. The van der Waals surface area contributed by atoms with Gasteiger partial charge in [0, 0.05) is 26.1 Å². The summed E-state index contributed by atoms with van der Waals surface area (Å²) in [6.07, 6.45) is 0.256. The van der Waals surface area contributed by atoms with E-state index in [9.17, 15) is 13.2 Å². The van der Waals surface area contributed by atoms with Gasteiger partial charge < -0.3 is 0 Å². The highest BCUT2D eigenvalue weighted by Gasteiger charge is 2.16. The van der Waals surface area contributed by atoms with Crippen LogP contribution in [0.4, 0.5) is 0 Å². The van der Waals surface area contributed by atoms with Gasteiger partial charge in [0.2, 0.25) is 10.0 Å². The third-order valence-corrected chi connectivity index (χ3v) is 4.99. The van der Waals surface area contributed by atoms with Crippen LogP contribution in [0.3, 0.4) is 0 Å². The summed E-state index contributed by atoms with van der Waals surface area (Å²) in [7, 11) is -0.449. The van der Waals surface area contributed by atoms with Crippen LogP contribution in [-0.2, 0) is 16.4 Å². The number of carbonyl (C=O) groups is 1. The molecule has 4 nitrogen and oxygen atoms in total. The minimum Gasteiger partial charge on any atom is -0.294 e. The smallest absolute Gasteiger partial charge is 0.242 e. The number of hydrogen-bond acceptors (Lipinski definition) is 3. The number of Topliss-reactive ketones (excluding diaryl/α,β-unsaturated/α-hetero) is 1. The molecular weight excluding hydrogens is 286 g/mol. The van der Waals surface area contributed by atoms with E-state index in [2.05, 4.69) is 0 Å². The highest BCUT2D eigenvalue weighted by atomic mass is 32.2. The maximum atomic E-state index is 12.1. The van der Waals surface area contributed by atoms with Crippen molar-refractivity contribution in [1.29, 1.82) is 0 Å². The Morgan fingerprint density at radius 3 is 2.05 bits per heavy atom. The number of nitrogens with zero attached hydrogens (tertiary/aromatic N) is 1. The average molecular weight is 303 g/mol. The van der Waals surface area contributed by atoms with Crippen molar-refractivity contribution in [2.24, 2.45) is 0 Å². The van der Waals surface area contributed by atoms with Gasteiger partial charge in [0.15, 0.2) is 5.78 Å². The van der Waals surface area contributed by atoms with E-state index in [0.717, 1.165) is 9.87 Å². The fraction of sp³-hybridized carbons (Fsp3) is 0.188. The van der Waals surface area contributed by atoms with Crippen LogP contribution in [0.5, 0.6) is 0 Å². The zero-order valence-electron chi connectivity index (χ0n) is 12.0. The van der Waals surface area contributed by atoms with Gasteiger partial charge in [-0.1, -0.05) is 42.5 Å². The second kappa shape index (κ2) is 6.20. The molecule has 0 unspecified atom stereocenters. The van der Waals surface area contributed by atoms with Crippen molar-refractivity contribution >= 4 is 15.8 Å². The number of rotatable bonds is 5. The van der Waals surface area contributed by atoms with Gasteiger partial charge in [0.1, 0.15) is 0 Å². The van der Waals surface area contributed by atoms with E-state index in [-0.39, 0.29) is 17.1 Å². The van der Waals surface area contributed by atoms with Crippen LogP contribution in [-0.4, -0.2) is 32.6 Å². The van der Waals surface area contributed by atoms with Crippen molar-refractivity contribution in [2.75, 3.05) is 14.1 Å². The first kappa shape index (κ1) is 15.4. The van der Waals surface area contributed by atoms with Gasteiger partial charge in [-0.25, -0.2) is 12.7 Å². The molecular formula is C16H17NO3S. The minimum absolute atomic E-state index is 0.0128. The van der Waals surface area contributed by atoms with Crippen molar-refractivity contribution < 1.29 is 13.2 Å². The van der Waals surface area contributed by atoms with Crippen LogP contribution >= 0.6 is 0 Å². The lowest BCUT2D eigenvalue weighted by atomic mass is 10.0. The van der Waals surface area contributed by atoms with E-state index in [1.165, 1.54) is 26.2 Å². The number of benzene rings is 2. The largest absolute Gasteiger partial charge is 0.294 e.